The quantitative estimate of drug-likeness (QED) is 0.746. The van der Waals surface area contributed by atoms with E-state index in [1.54, 1.807) is 13.8 Å². The number of morpholine rings is 1. The third-order valence-electron chi connectivity index (χ3n) is 3.40. The SMILES string of the molecule is CC1CN(C(=O)c2cccc(C(F)(F)F)c2F)C(C)CO1. The lowest BCUT2D eigenvalue weighted by atomic mass is 10.1. The van der Waals surface area contributed by atoms with Crippen LogP contribution in [0.2, 0.25) is 0 Å². The Morgan fingerprint density at radius 3 is 2.62 bits per heavy atom. The molecule has 1 aromatic rings. The van der Waals surface area contributed by atoms with Crippen LogP contribution in [-0.2, 0) is 10.9 Å². The van der Waals surface area contributed by atoms with E-state index >= 15 is 0 Å². The summed E-state index contributed by atoms with van der Waals surface area (Å²) >= 11 is 0. The molecule has 2 atom stereocenters. The van der Waals surface area contributed by atoms with E-state index in [1.165, 1.54) is 4.90 Å². The topological polar surface area (TPSA) is 29.5 Å². The Morgan fingerprint density at radius 2 is 2.00 bits per heavy atom. The molecule has 1 heterocycles. The largest absolute Gasteiger partial charge is 0.419 e. The van der Waals surface area contributed by atoms with Crippen molar-refractivity contribution in [1.82, 2.24) is 4.90 Å². The van der Waals surface area contributed by atoms with Crippen LogP contribution in [0.25, 0.3) is 0 Å². The molecule has 21 heavy (non-hydrogen) atoms. The van der Waals surface area contributed by atoms with Crippen LogP contribution in [0.4, 0.5) is 17.6 Å². The van der Waals surface area contributed by atoms with Gasteiger partial charge in [-0.15, -0.1) is 0 Å². The Hall–Kier alpha value is -1.63. The molecule has 2 unspecified atom stereocenters. The number of carbonyl (C=O) groups excluding carboxylic acids is 1. The molecule has 0 aliphatic carbocycles. The molecule has 1 fully saturated rings. The summed E-state index contributed by atoms with van der Waals surface area (Å²) in [6.45, 7) is 3.94. The zero-order chi connectivity index (χ0) is 15.8. The number of halogens is 4. The van der Waals surface area contributed by atoms with Gasteiger partial charge in [0.2, 0.25) is 0 Å². The van der Waals surface area contributed by atoms with Crippen molar-refractivity contribution in [3.8, 4) is 0 Å². The first-order valence-corrected chi connectivity index (χ1v) is 6.50. The standard InChI is InChI=1S/C14H15F4NO2/c1-8-7-21-9(2)6-19(8)13(20)10-4-3-5-11(12(10)15)14(16,17)18/h3-5,8-9H,6-7H2,1-2H3. The highest BCUT2D eigenvalue weighted by Gasteiger charge is 2.37. The summed E-state index contributed by atoms with van der Waals surface area (Å²) in [6.07, 6.45) is -5.07. The number of alkyl halides is 3. The van der Waals surface area contributed by atoms with Gasteiger partial charge in [0.15, 0.2) is 0 Å². The van der Waals surface area contributed by atoms with Crippen molar-refractivity contribution in [2.45, 2.75) is 32.2 Å². The minimum absolute atomic E-state index is 0.218. The molecule has 1 aliphatic rings. The van der Waals surface area contributed by atoms with Gasteiger partial charge in [0.1, 0.15) is 5.82 Å². The molecule has 0 N–H and O–H groups in total. The zero-order valence-electron chi connectivity index (χ0n) is 11.6. The van der Waals surface area contributed by atoms with E-state index in [0.29, 0.717) is 6.07 Å². The van der Waals surface area contributed by atoms with Gasteiger partial charge in [-0.2, -0.15) is 13.2 Å². The maximum atomic E-state index is 14.0. The second kappa shape index (κ2) is 5.63. The molecular formula is C14H15F4NO2. The number of amides is 1. The number of rotatable bonds is 1. The Bertz CT molecular complexity index is 544. The molecule has 1 amide bonds. The van der Waals surface area contributed by atoms with Crippen molar-refractivity contribution >= 4 is 5.91 Å². The van der Waals surface area contributed by atoms with Crippen LogP contribution in [0.3, 0.4) is 0 Å². The first-order chi connectivity index (χ1) is 9.71. The van der Waals surface area contributed by atoms with Gasteiger partial charge in [-0.1, -0.05) is 6.07 Å². The number of benzene rings is 1. The Morgan fingerprint density at radius 1 is 1.33 bits per heavy atom. The molecule has 1 saturated heterocycles. The fraction of sp³-hybridized carbons (Fsp3) is 0.500. The highest BCUT2D eigenvalue weighted by molar-refractivity contribution is 5.95. The highest BCUT2D eigenvalue weighted by Crippen LogP contribution is 2.33. The molecule has 0 saturated carbocycles. The number of hydrogen-bond donors (Lipinski definition) is 0. The fourth-order valence-corrected chi connectivity index (χ4v) is 2.26. The molecular weight excluding hydrogens is 290 g/mol. The van der Waals surface area contributed by atoms with Crippen LogP contribution in [0.1, 0.15) is 29.8 Å². The van der Waals surface area contributed by atoms with Gasteiger partial charge in [-0.25, -0.2) is 4.39 Å². The van der Waals surface area contributed by atoms with Crippen molar-refractivity contribution in [3.63, 3.8) is 0 Å². The molecule has 0 radical (unpaired) electrons. The van der Waals surface area contributed by atoms with Crippen LogP contribution < -0.4 is 0 Å². The van der Waals surface area contributed by atoms with Crippen molar-refractivity contribution in [1.29, 1.82) is 0 Å². The van der Waals surface area contributed by atoms with Gasteiger partial charge in [0.05, 0.1) is 29.9 Å². The summed E-state index contributed by atoms with van der Waals surface area (Å²) in [4.78, 5) is 13.7. The molecule has 116 valence electrons. The monoisotopic (exact) mass is 305 g/mol. The molecule has 0 bridgehead atoms. The lowest BCUT2D eigenvalue weighted by molar-refractivity contribution is -0.140. The molecule has 1 aromatic carbocycles. The number of ether oxygens (including phenoxy) is 1. The third-order valence-corrected chi connectivity index (χ3v) is 3.40. The smallest absolute Gasteiger partial charge is 0.375 e. The number of nitrogens with zero attached hydrogens (tertiary/aromatic N) is 1. The Labute approximate surface area is 119 Å². The van der Waals surface area contributed by atoms with E-state index in [4.69, 9.17) is 4.74 Å². The highest BCUT2D eigenvalue weighted by atomic mass is 19.4. The van der Waals surface area contributed by atoms with Gasteiger partial charge < -0.3 is 9.64 Å². The van der Waals surface area contributed by atoms with Crippen LogP contribution >= 0.6 is 0 Å². The van der Waals surface area contributed by atoms with Crippen LogP contribution in [0, 0.1) is 5.82 Å². The Balaban J connectivity index is 2.35. The maximum absolute atomic E-state index is 14.0. The molecule has 0 spiro atoms. The molecule has 2 rings (SSSR count). The molecule has 7 heteroatoms. The zero-order valence-corrected chi connectivity index (χ0v) is 11.6. The van der Waals surface area contributed by atoms with Crippen LogP contribution in [0.5, 0.6) is 0 Å². The normalized spacial score (nSPS) is 23.2. The van der Waals surface area contributed by atoms with E-state index in [1.807, 2.05) is 0 Å². The van der Waals surface area contributed by atoms with Crippen LogP contribution in [-0.4, -0.2) is 36.1 Å². The maximum Gasteiger partial charge on any atom is 0.419 e. The first kappa shape index (κ1) is 15.8. The second-order valence-electron chi connectivity index (χ2n) is 5.12. The van der Waals surface area contributed by atoms with E-state index in [2.05, 4.69) is 0 Å². The minimum atomic E-state index is -4.83. The lowest BCUT2D eigenvalue weighted by Gasteiger charge is -2.37. The van der Waals surface area contributed by atoms with Crippen LogP contribution in [0.15, 0.2) is 18.2 Å². The molecule has 0 aromatic heterocycles. The average molecular weight is 305 g/mol. The average Bonchev–Trinajstić information content (AvgIpc) is 2.39. The summed E-state index contributed by atoms with van der Waals surface area (Å²) in [6, 6.07) is 2.41. The van der Waals surface area contributed by atoms with E-state index in [9.17, 15) is 22.4 Å². The van der Waals surface area contributed by atoms with Crippen molar-refractivity contribution < 1.29 is 27.1 Å². The van der Waals surface area contributed by atoms with Gasteiger partial charge in [0.25, 0.3) is 5.91 Å². The van der Waals surface area contributed by atoms with E-state index in [-0.39, 0.29) is 25.3 Å². The Kier molecular flexibility index (Phi) is 4.22. The molecule has 3 nitrogen and oxygen atoms in total. The van der Waals surface area contributed by atoms with Crippen molar-refractivity contribution in [2.75, 3.05) is 13.2 Å². The summed E-state index contributed by atoms with van der Waals surface area (Å²) in [5, 5.41) is 0. The number of hydrogen-bond acceptors (Lipinski definition) is 2. The third kappa shape index (κ3) is 3.18. The second-order valence-corrected chi connectivity index (χ2v) is 5.12. The fourth-order valence-electron chi connectivity index (χ4n) is 2.26. The number of carbonyl (C=O) groups is 1. The summed E-state index contributed by atoms with van der Waals surface area (Å²) < 4.78 is 57.4. The first-order valence-electron chi connectivity index (χ1n) is 6.50. The van der Waals surface area contributed by atoms with E-state index in [0.717, 1.165) is 12.1 Å². The summed E-state index contributed by atoms with van der Waals surface area (Å²) in [7, 11) is 0. The predicted octanol–water partition coefficient (Wildman–Crippen LogP) is 3.09. The summed E-state index contributed by atoms with van der Waals surface area (Å²) in [5.41, 5.74) is -1.99. The van der Waals surface area contributed by atoms with Gasteiger partial charge in [-0.05, 0) is 26.0 Å². The van der Waals surface area contributed by atoms with Crippen molar-refractivity contribution in [3.05, 3.63) is 35.1 Å². The van der Waals surface area contributed by atoms with Crippen molar-refractivity contribution in [2.24, 2.45) is 0 Å². The van der Waals surface area contributed by atoms with E-state index < -0.39 is 29.0 Å². The molecule has 1 aliphatic heterocycles. The summed E-state index contributed by atoms with van der Waals surface area (Å²) in [5.74, 6) is -2.28. The van der Waals surface area contributed by atoms with Gasteiger partial charge >= 0.3 is 6.18 Å². The minimum Gasteiger partial charge on any atom is -0.375 e. The lowest BCUT2D eigenvalue weighted by Crippen LogP contribution is -2.50. The van der Waals surface area contributed by atoms with Gasteiger partial charge in [0, 0.05) is 6.54 Å². The predicted molar refractivity (Wildman–Crippen MR) is 67.3 cm³/mol. The van der Waals surface area contributed by atoms with Gasteiger partial charge in [-0.3, -0.25) is 4.79 Å².